The van der Waals surface area contributed by atoms with E-state index in [1.54, 1.807) is 12.1 Å². The summed E-state index contributed by atoms with van der Waals surface area (Å²) >= 11 is 0. The van der Waals surface area contributed by atoms with Crippen LogP contribution >= 0.6 is 12.4 Å². The Labute approximate surface area is 158 Å². The highest BCUT2D eigenvalue weighted by Crippen LogP contribution is 2.28. The molecule has 0 aliphatic carbocycles. The Balaban J connectivity index is 0.00000338. The average Bonchev–Trinajstić information content (AvgIpc) is 2.61. The molecule has 140 valence electrons. The van der Waals surface area contributed by atoms with Crippen LogP contribution in [0.5, 0.6) is 0 Å². The summed E-state index contributed by atoms with van der Waals surface area (Å²) in [6.07, 6.45) is 0. The standard InChI is InChI=1S/C18H22N4O3.ClH/c1-3-19-13(2)12-20-18(23)14-9-10-16(17(11-14)22(24)25)21-15-7-5-4-6-8-15;/h4-11,13,19,21H,3,12H2,1-2H3,(H,20,23);1H/t13-;/m1./s1. The minimum atomic E-state index is -0.497. The summed E-state index contributed by atoms with van der Waals surface area (Å²) in [6.45, 7) is 5.20. The van der Waals surface area contributed by atoms with Crippen LogP contribution < -0.4 is 16.0 Å². The fraction of sp³-hybridized carbons (Fsp3) is 0.278. The number of likely N-dealkylation sites (N-methyl/N-ethyl adjacent to an activating group) is 1. The molecule has 1 atom stereocenters. The predicted octanol–water partition coefficient (Wildman–Crippen LogP) is 3.49. The molecule has 0 aromatic heterocycles. The van der Waals surface area contributed by atoms with Gasteiger partial charge in [0.1, 0.15) is 5.69 Å². The van der Waals surface area contributed by atoms with E-state index in [1.807, 2.05) is 44.2 Å². The van der Waals surface area contributed by atoms with E-state index in [4.69, 9.17) is 0 Å². The molecule has 3 N–H and O–H groups in total. The van der Waals surface area contributed by atoms with Crippen LogP contribution in [0, 0.1) is 10.1 Å². The summed E-state index contributed by atoms with van der Waals surface area (Å²) in [5.74, 6) is -0.334. The van der Waals surface area contributed by atoms with Crippen molar-refractivity contribution in [1.82, 2.24) is 10.6 Å². The van der Waals surface area contributed by atoms with E-state index in [9.17, 15) is 14.9 Å². The molecule has 2 aromatic carbocycles. The van der Waals surface area contributed by atoms with Gasteiger partial charge in [0.05, 0.1) is 4.92 Å². The van der Waals surface area contributed by atoms with Gasteiger partial charge >= 0.3 is 0 Å². The lowest BCUT2D eigenvalue weighted by molar-refractivity contribution is -0.383. The lowest BCUT2D eigenvalue weighted by atomic mass is 10.1. The van der Waals surface area contributed by atoms with Crippen molar-refractivity contribution in [2.75, 3.05) is 18.4 Å². The summed E-state index contributed by atoms with van der Waals surface area (Å²) in [4.78, 5) is 23.1. The van der Waals surface area contributed by atoms with Crippen LogP contribution in [0.3, 0.4) is 0 Å². The smallest absolute Gasteiger partial charge is 0.293 e. The Kier molecular flexibility index (Phi) is 8.54. The Hall–Kier alpha value is -2.64. The molecule has 0 saturated carbocycles. The van der Waals surface area contributed by atoms with Crippen molar-refractivity contribution in [2.45, 2.75) is 19.9 Å². The number of hydrogen-bond acceptors (Lipinski definition) is 5. The lowest BCUT2D eigenvalue weighted by Gasteiger charge is -2.13. The van der Waals surface area contributed by atoms with Gasteiger partial charge in [-0.1, -0.05) is 25.1 Å². The molecule has 8 heteroatoms. The molecule has 1 amide bonds. The number of benzene rings is 2. The molecule has 0 fully saturated rings. The highest BCUT2D eigenvalue weighted by molar-refractivity contribution is 5.96. The number of para-hydroxylation sites is 1. The number of hydrogen-bond donors (Lipinski definition) is 3. The third-order valence-electron chi connectivity index (χ3n) is 3.63. The second-order valence-electron chi connectivity index (χ2n) is 5.65. The van der Waals surface area contributed by atoms with Crippen molar-refractivity contribution in [3.8, 4) is 0 Å². The number of nitro benzene ring substituents is 1. The van der Waals surface area contributed by atoms with Crippen LogP contribution in [0.25, 0.3) is 0 Å². The second-order valence-corrected chi connectivity index (χ2v) is 5.65. The molecular formula is C18H23ClN4O3. The van der Waals surface area contributed by atoms with E-state index in [0.717, 1.165) is 12.2 Å². The maximum absolute atomic E-state index is 12.2. The van der Waals surface area contributed by atoms with Crippen LogP contribution in [0.1, 0.15) is 24.2 Å². The third-order valence-corrected chi connectivity index (χ3v) is 3.63. The molecule has 7 nitrogen and oxygen atoms in total. The Bertz CT molecular complexity index is 740. The van der Waals surface area contributed by atoms with Crippen LogP contribution in [-0.4, -0.2) is 30.0 Å². The molecule has 0 heterocycles. The van der Waals surface area contributed by atoms with Gasteiger partial charge in [-0.15, -0.1) is 12.4 Å². The van der Waals surface area contributed by atoms with Crippen molar-refractivity contribution in [2.24, 2.45) is 0 Å². The van der Waals surface area contributed by atoms with E-state index in [2.05, 4.69) is 16.0 Å². The minimum absolute atomic E-state index is 0. The second kappa shape index (κ2) is 10.4. The topological polar surface area (TPSA) is 96.3 Å². The van der Waals surface area contributed by atoms with Crippen LogP contribution in [0.4, 0.5) is 17.1 Å². The first-order chi connectivity index (χ1) is 12.0. The zero-order valence-electron chi connectivity index (χ0n) is 14.7. The molecule has 0 spiro atoms. The van der Waals surface area contributed by atoms with Crippen molar-refractivity contribution < 1.29 is 9.72 Å². The first-order valence-corrected chi connectivity index (χ1v) is 8.13. The fourth-order valence-electron chi connectivity index (χ4n) is 2.38. The van der Waals surface area contributed by atoms with Crippen molar-refractivity contribution in [3.05, 3.63) is 64.2 Å². The Morgan fingerprint density at radius 2 is 1.88 bits per heavy atom. The number of amides is 1. The number of nitrogens with one attached hydrogen (secondary N) is 3. The molecule has 0 bridgehead atoms. The highest BCUT2D eigenvalue weighted by atomic mass is 35.5. The van der Waals surface area contributed by atoms with E-state index >= 15 is 0 Å². The highest BCUT2D eigenvalue weighted by Gasteiger charge is 2.18. The third kappa shape index (κ3) is 6.02. The molecule has 0 aliphatic heterocycles. The van der Waals surface area contributed by atoms with Crippen LogP contribution in [-0.2, 0) is 0 Å². The van der Waals surface area contributed by atoms with Crippen LogP contribution in [0.15, 0.2) is 48.5 Å². The normalized spacial score (nSPS) is 11.2. The molecule has 0 radical (unpaired) electrons. The summed E-state index contributed by atoms with van der Waals surface area (Å²) in [5.41, 5.74) is 1.20. The van der Waals surface area contributed by atoms with E-state index in [0.29, 0.717) is 12.2 Å². The Morgan fingerprint density at radius 1 is 1.19 bits per heavy atom. The zero-order chi connectivity index (χ0) is 18.2. The summed E-state index contributed by atoms with van der Waals surface area (Å²) in [7, 11) is 0. The molecule has 0 unspecified atom stereocenters. The average molecular weight is 379 g/mol. The predicted molar refractivity (Wildman–Crippen MR) is 106 cm³/mol. The molecule has 2 rings (SSSR count). The number of nitrogens with zero attached hydrogens (tertiary/aromatic N) is 1. The van der Waals surface area contributed by atoms with Crippen LogP contribution in [0.2, 0.25) is 0 Å². The number of anilines is 2. The zero-order valence-corrected chi connectivity index (χ0v) is 15.5. The van der Waals surface area contributed by atoms with Gasteiger partial charge < -0.3 is 16.0 Å². The van der Waals surface area contributed by atoms with Gasteiger partial charge in [-0.05, 0) is 37.7 Å². The maximum atomic E-state index is 12.2. The van der Waals surface area contributed by atoms with Gasteiger partial charge in [-0.3, -0.25) is 14.9 Å². The molecular weight excluding hydrogens is 356 g/mol. The van der Waals surface area contributed by atoms with Gasteiger partial charge in [-0.2, -0.15) is 0 Å². The van der Waals surface area contributed by atoms with E-state index in [1.165, 1.54) is 6.07 Å². The van der Waals surface area contributed by atoms with E-state index in [-0.39, 0.29) is 35.6 Å². The van der Waals surface area contributed by atoms with Crippen molar-refractivity contribution in [1.29, 1.82) is 0 Å². The first-order valence-electron chi connectivity index (χ1n) is 8.13. The number of rotatable bonds is 8. The quantitative estimate of drug-likeness (QED) is 0.482. The number of halogens is 1. The largest absolute Gasteiger partial charge is 0.350 e. The summed E-state index contributed by atoms with van der Waals surface area (Å²) in [5, 5.41) is 20.3. The molecule has 0 saturated heterocycles. The maximum Gasteiger partial charge on any atom is 0.293 e. The van der Waals surface area contributed by atoms with Crippen molar-refractivity contribution in [3.63, 3.8) is 0 Å². The fourth-order valence-corrected chi connectivity index (χ4v) is 2.38. The van der Waals surface area contributed by atoms with Crippen molar-refractivity contribution >= 4 is 35.4 Å². The first kappa shape index (κ1) is 21.4. The van der Waals surface area contributed by atoms with Gasteiger partial charge in [0, 0.05) is 29.9 Å². The van der Waals surface area contributed by atoms with Gasteiger partial charge in [0.15, 0.2) is 0 Å². The lowest BCUT2D eigenvalue weighted by Crippen LogP contribution is -2.38. The van der Waals surface area contributed by atoms with Gasteiger partial charge in [0.2, 0.25) is 0 Å². The summed E-state index contributed by atoms with van der Waals surface area (Å²) in [6, 6.07) is 13.7. The SMILES string of the molecule is CCN[C@H](C)CNC(=O)c1ccc(Nc2ccccc2)c([N+](=O)[O-])c1.Cl. The Morgan fingerprint density at radius 3 is 2.50 bits per heavy atom. The molecule has 0 aliphatic rings. The number of carbonyl (C=O) groups excluding carboxylic acids is 1. The number of carbonyl (C=O) groups is 1. The van der Waals surface area contributed by atoms with Gasteiger partial charge in [0.25, 0.3) is 11.6 Å². The summed E-state index contributed by atoms with van der Waals surface area (Å²) < 4.78 is 0. The van der Waals surface area contributed by atoms with E-state index < -0.39 is 4.92 Å². The monoisotopic (exact) mass is 378 g/mol. The number of nitro groups is 1. The molecule has 26 heavy (non-hydrogen) atoms. The van der Waals surface area contributed by atoms with Gasteiger partial charge in [-0.25, -0.2) is 0 Å². The molecule has 2 aromatic rings. The minimum Gasteiger partial charge on any atom is -0.350 e.